The van der Waals surface area contributed by atoms with E-state index >= 15 is 0 Å². The Hall–Kier alpha value is -6.99. The van der Waals surface area contributed by atoms with Crippen LogP contribution in [0.15, 0.2) is 160 Å². The van der Waals surface area contributed by atoms with Crippen molar-refractivity contribution in [2.24, 2.45) is 0 Å². The zero-order valence-electron chi connectivity index (χ0n) is 26.5. The van der Waals surface area contributed by atoms with E-state index in [1.54, 1.807) is 0 Å². The smallest absolute Gasteiger partial charge is 0.180 e. The molecule has 0 aliphatic rings. The molecule has 0 saturated heterocycles. The van der Waals surface area contributed by atoms with Crippen LogP contribution in [0.5, 0.6) is 0 Å². The minimum Gasteiger partial charge on any atom is -0.456 e. The Morgan fingerprint density at radius 3 is 1.60 bits per heavy atom. The molecule has 7 heteroatoms. The van der Waals surface area contributed by atoms with E-state index in [9.17, 15) is 0 Å². The maximum atomic E-state index is 6.44. The quantitative estimate of drug-likeness (QED) is 0.184. The van der Waals surface area contributed by atoms with Gasteiger partial charge in [-0.2, -0.15) is 0 Å². The SMILES string of the molecule is c1ccc(-c2nc(-c3ccccc3)nc(-c3cccc4oc5ccc(-c6nc(-c7ccccc7)nc7c6oc6ccccc67)cc5c34)n2)cc1. The van der Waals surface area contributed by atoms with Crippen molar-refractivity contribution >= 4 is 44.0 Å². The third-order valence-electron chi connectivity index (χ3n) is 8.96. The number of furan rings is 2. The average molecular weight is 644 g/mol. The van der Waals surface area contributed by atoms with Crippen molar-refractivity contribution in [3.8, 4) is 56.8 Å². The number of hydrogen-bond acceptors (Lipinski definition) is 7. The molecule has 0 spiro atoms. The summed E-state index contributed by atoms with van der Waals surface area (Å²) >= 11 is 0. The average Bonchev–Trinajstić information content (AvgIpc) is 3.76. The minimum atomic E-state index is 0.560. The predicted molar refractivity (Wildman–Crippen MR) is 197 cm³/mol. The highest BCUT2D eigenvalue weighted by Gasteiger charge is 2.21. The first-order valence-electron chi connectivity index (χ1n) is 16.3. The summed E-state index contributed by atoms with van der Waals surface area (Å²) in [7, 11) is 0. The van der Waals surface area contributed by atoms with Gasteiger partial charge in [-0.3, -0.25) is 0 Å². The first kappa shape index (κ1) is 28.1. The summed E-state index contributed by atoms with van der Waals surface area (Å²) < 4.78 is 12.9. The molecule has 4 heterocycles. The van der Waals surface area contributed by atoms with Crippen LogP contribution in [0.25, 0.3) is 101 Å². The van der Waals surface area contributed by atoms with Gasteiger partial charge in [0, 0.05) is 44.0 Å². The summed E-state index contributed by atoms with van der Waals surface area (Å²) in [6.07, 6.45) is 0. The van der Waals surface area contributed by atoms with Crippen LogP contribution in [0, 0.1) is 0 Å². The zero-order chi connectivity index (χ0) is 33.0. The van der Waals surface area contributed by atoms with Crippen molar-refractivity contribution in [1.82, 2.24) is 24.9 Å². The normalized spacial score (nSPS) is 11.6. The molecule has 0 aliphatic carbocycles. The highest BCUT2D eigenvalue weighted by Crippen LogP contribution is 2.40. The topological polar surface area (TPSA) is 90.7 Å². The molecular formula is C43H25N5O2. The first-order chi connectivity index (χ1) is 24.8. The second kappa shape index (κ2) is 11.3. The van der Waals surface area contributed by atoms with Crippen LogP contribution in [0.3, 0.4) is 0 Å². The fraction of sp³-hybridized carbons (Fsp3) is 0. The fourth-order valence-electron chi connectivity index (χ4n) is 6.59. The molecule has 234 valence electrons. The third kappa shape index (κ3) is 4.64. The summed E-state index contributed by atoms with van der Waals surface area (Å²) in [5.74, 6) is 2.39. The molecule has 6 aromatic carbocycles. The van der Waals surface area contributed by atoms with Gasteiger partial charge < -0.3 is 8.83 Å². The molecule has 0 radical (unpaired) electrons. The van der Waals surface area contributed by atoms with Gasteiger partial charge in [-0.15, -0.1) is 0 Å². The van der Waals surface area contributed by atoms with Crippen molar-refractivity contribution in [3.05, 3.63) is 152 Å². The Bertz CT molecular complexity index is 2810. The van der Waals surface area contributed by atoms with Gasteiger partial charge in [0.1, 0.15) is 28.0 Å². The molecule has 0 unspecified atom stereocenters. The Labute approximate surface area is 285 Å². The molecule has 4 aromatic heterocycles. The highest BCUT2D eigenvalue weighted by molar-refractivity contribution is 6.14. The van der Waals surface area contributed by atoms with E-state index in [0.29, 0.717) is 34.6 Å². The van der Waals surface area contributed by atoms with E-state index in [0.717, 1.165) is 66.2 Å². The van der Waals surface area contributed by atoms with E-state index in [-0.39, 0.29) is 0 Å². The van der Waals surface area contributed by atoms with Crippen LogP contribution in [0.4, 0.5) is 0 Å². The lowest BCUT2D eigenvalue weighted by Crippen LogP contribution is -2.00. The van der Waals surface area contributed by atoms with Gasteiger partial charge in [0.2, 0.25) is 0 Å². The van der Waals surface area contributed by atoms with Gasteiger partial charge in [-0.25, -0.2) is 24.9 Å². The van der Waals surface area contributed by atoms with Crippen LogP contribution < -0.4 is 0 Å². The lowest BCUT2D eigenvalue weighted by molar-refractivity contribution is 0.666. The second-order valence-corrected chi connectivity index (χ2v) is 12.1. The monoisotopic (exact) mass is 643 g/mol. The van der Waals surface area contributed by atoms with Crippen molar-refractivity contribution < 1.29 is 8.83 Å². The molecule has 0 bridgehead atoms. The van der Waals surface area contributed by atoms with E-state index < -0.39 is 0 Å². The highest BCUT2D eigenvalue weighted by atomic mass is 16.3. The lowest BCUT2D eigenvalue weighted by atomic mass is 10.0. The predicted octanol–water partition coefficient (Wildman–Crippen LogP) is 10.8. The van der Waals surface area contributed by atoms with Gasteiger partial charge in [-0.05, 0) is 36.4 Å². The number of para-hydroxylation sites is 1. The van der Waals surface area contributed by atoms with Crippen LogP contribution in [-0.4, -0.2) is 24.9 Å². The van der Waals surface area contributed by atoms with Crippen molar-refractivity contribution in [1.29, 1.82) is 0 Å². The summed E-state index contributed by atoms with van der Waals surface area (Å²) in [4.78, 5) is 25.1. The number of fused-ring (bicyclic) bond motifs is 6. The Morgan fingerprint density at radius 2 is 0.920 bits per heavy atom. The molecular weight excluding hydrogens is 619 g/mol. The van der Waals surface area contributed by atoms with Gasteiger partial charge in [0.15, 0.2) is 28.9 Å². The minimum absolute atomic E-state index is 0.560. The fourth-order valence-corrected chi connectivity index (χ4v) is 6.59. The molecule has 0 atom stereocenters. The zero-order valence-corrected chi connectivity index (χ0v) is 26.5. The molecule has 0 saturated carbocycles. The molecule has 7 nitrogen and oxygen atoms in total. The molecule has 0 aliphatic heterocycles. The number of aromatic nitrogens is 5. The second-order valence-electron chi connectivity index (χ2n) is 12.1. The number of benzene rings is 6. The Kier molecular flexibility index (Phi) is 6.35. The first-order valence-corrected chi connectivity index (χ1v) is 16.3. The summed E-state index contributed by atoms with van der Waals surface area (Å²) in [5.41, 5.74) is 8.83. The number of hydrogen-bond donors (Lipinski definition) is 0. The van der Waals surface area contributed by atoms with Gasteiger partial charge in [0.25, 0.3) is 0 Å². The van der Waals surface area contributed by atoms with Crippen LogP contribution in [0.2, 0.25) is 0 Å². The maximum absolute atomic E-state index is 6.44. The number of nitrogens with zero attached hydrogens (tertiary/aromatic N) is 5. The van der Waals surface area contributed by atoms with Crippen molar-refractivity contribution in [3.63, 3.8) is 0 Å². The van der Waals surface area contributed by atoms with Crippen LogP contribution in [-0.2, 0) is 0 Å². The van der Waals surface area contributed by atoms with Crippen molar-refractivity contribution in [2.45, 2.75) is 0 Å². The van der Waals surface area contributed by atoms with Crippen LogP contribution in [0.1, 0.15) is 0 Å². The third-order valence-corrected chi connectivity index (χ3v) is 8.96. The van der Waals surface area contributed by atoms with E-state index in [4.69, 9.17) is 33.8 Å². The molecule has 10 aromatic rings. The van der Waals surface area contributed by atoms with Gasteiger partial charge in [-0.1, -0.05) is 115 Å². The van der Waals surface area contributed by atoms with E-state index in [2.05, 4.69) is 6.07 Å². The molecule has 0 fully saturated rings. The van der Waals surface area contributed by atoms with Gasteiger partial charge >= 0.3 is 0 Å². The van der Waals surface area contributed by atoms with E-state index in [1.165, 1.54) is 0 Å². The van der Waals surface area contributed by atoms with E-state index in [1.807, 2.05) is 146 Å². The van der Waals surface area contributed by atoms with Crippen LogP contribution >= 0.6 is 0 Å². The largest absolute Gasteiger partial charge is 0.456 e. The van der Waals surface area contributed by atoms with Crippen molar-refractivity contribution in [2.75, 3.05) is 0 Å². The molecule has 50 heavy (non-hydrogen) atoms. The summed E-state index contributed by atoms with van der Waals surface area (Å²) in [5, 5.41) is 2.77. The summed E-state index contributed by atoms with van der Waals surface area (Å²) in [6.45, 7) is 0. The lowest BCUT2D eigenvalue weighted by Gasteiger charge is -2.09. The Balaban J connectivity index is 1.22. The molecule has 0 amide bonds. The standard InChI is InChI=1S/C43H25N5O2/c1-4-13-26(14-5-1)40-44-37(39-38(45-40)30-19-10-11-21-33(30)50-39)29-23-24-34-32(25-29)36-31(20-12-22-35(36)49-34)43-47-41(27-15-6-2-7-16-27)46-42(48-43)28-17-8-3-9-18-28/h1-25H. The molecule has 0 N–H and O–H groups in total. The Morgan fingerprint density at radius 1 is 0.360 bits per heavy atom. The number of rotatable bonds is 5. The molecule has 10 rings (SSSR count). The van der Waals surface area contributed by atoms with Gasteiger partial charge in [0.05, 0.1) is 0 Å². The maximum Gasteiger partial charge on any atom is 0.180 e. The summed E-state index contributed by atoms with van der Waals surface area (Å²) in [6, 6.07) is 50.1.